The number of carbonyl (C=O) groups excluding carboxylic acids is 1. The van der Waals surface area contributed by atoms with Crippen LogP contribution in [0.3, 0.4) is 0 Å². The fraction of sp³-hybridized carbons (Fsp3) is 0.500. The van der Waals surface area contributed by atoms with Gasteiger partial charge in [-0.1, -0.05) is 0 Å². The van der Waals surface area contributed by atoms with Crippen LogP contribution in [0, 0.1) is 11.8 Å². The lowest BCUT2D eigenvalue weighted by molar-refractivity contribution is 0.100. The van der Waals surface area contributed by atoms with Crippen molar-refractivity contribution in [2.45, 2.75) is 18.9 Å². The normalized spacial score (nSPS) is 26.3. The second-order valence-corrected chi connectivity index (χ2v) is 10.1. The molecular formula is C16H20BrN5O3S. The van der Waals surface area contributed by atoms with Crippen LogP contribution in [0.1, 0.15) is 23.2 Å². The highest BCUT2D eigenvalue weighted by Crippen LogP contribution is 2.40. The van der Waals surface area contributed by atoms with Crippen molar-refractivity contribution in [2.75, 3.05) is 24.7 Å². The number of nitrogens with two attached hydrogens (primary N) is 1. The zero-order valence-electron chi connectivity index (χ0n) is 14.2. The van der Waals surface area contributed by atoms with Crippen molar-refractivity contribution in [3.63, 3.8) is 0 Å². The molecule has 3 heterocycles. The average Bonchev–Trinajstić information content (AvgIpc) is 3.17. The zero-order chi connectivity index (χ0) is 18.6. The van der Waals surface area contributed by atoms with Gasteiger partial charge in [0, 0.05) is 29.8 Å². The van der Waals surface area contributed by atoms with Crippen molar-refractivity contribution in [3.05, 3.63) is 28.5 Å². The molecular weight excluding hydrogens is 422 g/mol. The lowest BCUT2D eigenvalue weighted by atomic mass is 10.0. The molecule has 2 fully saturated rings. The molecule has 0 bridgehead atoms. The molecule has 2 unspecified atom stereocenters. The van der Waals surface area contributed by atoms with Crippen molar-refractivity contribution >= 4 is 43.1 Å². The van der Waals surface area contributed by atoms with Crippen LogP contribution in [-0.4, -0.2) is 53.6 Å². The standard InChI is InChI=1S/C16H20BrN5O3S/c1-26(24,25)21-6-9-2-12(3-10(9)7-21)20-15-13(16(18)23)5-19-22-8-11(17)4-14(15)22/h4-5,8-10,12,20H,2-3,6-7H2,1H3,(H2,18,23). The first-order valence-electron chi connectivity index (χ1n) is 8.40. The van der Waals surface area contributed by atoms with E-state index < -0.39 is 15.9 Å². The summed E-state index contributed by atoms with van der Waals surface area (Å²) in [6.07, 6.45) is 6.29. The van der Waals surface area contributed by atoms with Gasteiger partial charge < -0.3 is 11.1 Å². The van der Waals surface area contributed by atoms with E-state index in [1.54, 1.807) is 8.82 Å². The van der Waals surface area contributed by atoms with Gasteiger partial charge in [-0.25, -0.2) is 17.2 Å². The van der Waals surface area contributed by atoms with Gasteiger partial charge in [0.05, 0.1) is 29.2 Å². The summed E-state index contributed by atoms with van der Waals surface area (Å²) in [6, 6.07) is 2.06. The van der Waals surface area contributed by atoms with Gasteiger partial charge in [0.2, 0.25) is 10.0 Å². The molecule has 4 rings (SSSR count). The molecule has 0 spiro atoms. The molecule has 0 radical (unpaired) electrons. The lowest BCUT2D eigenvalue weighted by Gasteiger charge is -2.20. The van der Waals surface area contributed by atoms with Gasteiger partial charge in [0.15, 0.2) is 0 Å². The molecule has 2 aromatic rings. The fourth-order valence-corrected chi connectivity index (χ4v) is 5.55. The molecule has 26 heavy (non-hydrogen) atoms. The third-order valence-electron chi connectivity index (χ3n) is 5.40. The van der Waals surface area contributed by atoms with Crippen LogP contribution >= 0.6 is 15.9 Å². The third kappa shape index (κ3) is 3.10. The van der Waals surface area contributed by atoms with Crippen molar-refractivity contribution in [2.24, 2.45) is 17.6 Å². The Balaban J connectivity index is 1.58. The number of sulfonamides is 1. The van der Waals surface area contributed by atoms with Crippen molar-refractivity contribution < 1.29 is 13.2 Å². The molecule has 8 nitrogen and oxygen atoms in total. The maximum absolute atomic E-state index is 11.8. The van der Waals surface area contributed by atoms with Gasteiger partial charge in [0.1, 0.15) is 0 Å². The van der Waals surface area contributed by atoms with Gasteiger partial charge in [-0.15, -0.1) is 0 Å². The number of fused-ring (bicyclic) bond motifs is 2. The summed E-state index contributed by atoms with van der Waals surface area (Å²) in [7, 11) is -3.13. The number of amides is 1. The van der Waals surface area contributed by atoms with E-state index in [1.807, 2.05) is 12.3 Å². The highest BCUT2D eigenvalue weighted by molar-refractivity contribution is 9.10. The number of nitrogens with zero attached hydrogens (tertiary/aromatic N) is 3. The molecule has 3 N–H and O–H groups in total. The molecule has 1 amide bonds. The second kappa shape index (κ2) is 6.21. The predicted molar refractivity (Wildman–Crippen MR) is 101 cm³/mol. The number of primary amides is 1. The Kier molecular flexibility index (Phi) is 4.24. The Morgan fingerprint density at radius 1 is 1.35 bits per heavy atom. The van der Waals surface area contributed by atoms with Crippen LogP contribution in [0.2, 0.25) is 0 Å². The number of anilines is 1. The van der Waals surface area contributed by atoms with Crippen LogP contribution in [0.15, 0.2) is 22.9 Å². The molecule has 140 valence electrons. The summed E-state index contributed by atoms with van der Waals surface area (Å²) in [5, 5.41) is 7.70. The highest BCUT2D eigenvalue weighted by atomic mass is 79.9. The van der Waals surface area contributed by atoms with Crippen LogP contribution in [0.5, 0.6) is 0 Å². The first-order valence-corrected chi connectivity index (χ1v) is 11.0. The Hall–Kier alpha value is -1.65. The first-order chi connectivity index (χ1) is 12.2. The number of carbonyl (C=O) groups is 1. The predicted octanol–water partition coefficient (Wildman–Crippen LogP) is 1.28. The Bertz CT molecular complexity index is 975. The van der Waals surface area contributed by atoms with Crippen molar-refractivity contribution in [3.8, 4) is 0 Å². The minimum atomic E-state index is -3.13. The molecule has 1 saturated carbocycles. The van der Waals surface area contributed by atoms with E-state index in [0.717, 1.165) is 22.8 Å². The minimum Gasteiger partial charge on any atom is -0.380 e. The van der Waals surface area contributed by atoms with Crippen LogP contribution in [0.4, 0.5) is 5.69 Å². The third-order valence-corrected chi connectivity index (χ3v) is 7.07. The number of hydrogen-bond donors (Lipinski definition) is 2. The molecule has 1 saturated heterocycles. The van der Waals surface area contributed by atoms with Gasteiger partial charge in [0.25, 0.3) is 5.91 Å². The highest BCUT2D eigenvalue weighted by Gasteiger charge is 2.43. The molecule has 10 heteroatoms. The largest absolute Gasteiger partial charge is 0.380 e. The van der Waals surface area contributed by atoms with Crippen molar-refractivity contribution in [1.82, 2.24) is 13.9 Å². The fourth-order valence-electron chi connectivity index (χ4n) is 4.21. The number of nitrogens with one attached hydrogen (secondary N) is 1. The van der Waals surface area contributed by atoms with Crippen LogP contribution in [-0.2, 0) is 10.0 Å². The topological polar surface area (TPSA) is 110 Å². The lowest BCUT2D eigenvalue weighted by Crippen LogP contribution is -2.30. The van der Waals surface area contributed by atoms with Gasteiger partial charge in [-0.2, -0.15) is 5.10 Å². The second-order valence-electron chi connectivity index (χ2n) is 7.20. The summed E-state index contributed by atoms with van der Waals surface area (Å²) in [4.78, 5) is 11.8. The first kappa shape index (κ1) is 17.7. The smallest absolute Gasteiger partial charge is 0.252 e. The van der Waals surface area contributed by atoms with E-state index >= 15 is 0 Å². The van der Waals surface area contributed by atoms with E-state index in [-0.39, 0.29) is 6.04 Å². The van der Waals surface area contributed by atoms with Crippen LogP contribution in [0.25, 0.3) is 5.52 Å². The van der Waals surface area contributed by atoms with Crippen LogP contribution < -0.4 is 11.1 Å². The number of aromatic nitrogens is 2. The number of halogens is 1. The summed E-state index contributed by atoms with van der Waals surface area (Å²) in [5.41, 5.74) is 7.35. The van der Waals surface area contributed by atoms with E-state index in [2.05, 4.69) is 26.3 Å². The number of hydrogen-bond acceptors (Lipinski definition) is 5. The van der Waals surface area contributed by atoms with Gasteiger partial charge >= 0.3 is 0 Å². The molecule has 2 atom stereocenters. The zero-order valence-corrected chi connectivity index (χ0v) is 16.6. The number of rotatable bonds is 4. The average molecular weight is 442 g/mol. The van der Waals surface area contributed by atoms with E-state index in [9.17, 15) is 13.2 Å². The maximum atomic E-state index is 11.8. The Labute approximate surface area is 159 Å². The molecule has 1 aliphatic heterocycles. The van der Waals surface area contributed by atoms with E-state index in [1.165, 1.54) is 12.5 Å². The molecule has 0 aromatic carbocycles. The van der Waals surface area contributed by atoms with E-state index in [4.69, 9.17) is 5.73 Å². The summed E-state index contributed by atoms with van der Waals surface area (Å²) >= 11 is 3.43. The summed E-state index contributed by atoms with van der Waals surface area (Å²) < 4.78 is 27.6. The maximum Gasteiger partial charge on any atom is 0.252 e. The molecule has 2 aliphatic rings. The summed E-state index contributed by atoms with van der Waals surface area (Å²) in [6.45, 7) is 1.15. The molecule has 2 aromatic heterocycles. The Morgan fingerprint density at radius 2 is 2.00 bits per heavy atom. The van der Waals surface area contributed by atoms with Gasteiger partial charge in [-0.05, 0) is 46.7 Å². The van der Waals surface area contributed by atoms with Gasteiger partial charge in [-0.3, -0.25) is 4.79 Å². The van der Waals surface area contributed by atoms with Crippen molar-refractivity contribution in [1.29, 1.82) is 0 Å². The SMILES string of the molecule is CS(=O)(=O)N1CC2CC(Nc3c(C(N)=O)cnn4cc(Br)cc34)CC2C1. The summed E-state index contributed by atoms with van der Waals surface area (Å²) in [5.74, 6) is 0.160. The molecule has 1 aliphatic carbocycles. The van der Waals surface area contributed by atoms with E-state index in [0.29, 0.717) is 36.2 Å². The monoisotopic (exact) mass is 441 g/mol. The quantitative estimate of drug-likeness (QED) is 0.742. The Morgan fingerprint density at radius 3 is 2.58 bits per heavy atom. The minimum absolute atomic E-state index is 0.171.